The summed E-state index contributed by atoms with van der Waals surface area (Å²) in [7, 11) is 0. The summed E-state index contributed by atoms with van der Waals surface area (Å²) in [6.07, 6.45) is 9.52. The van der Waals surface area contributed by atoms with Gasteiger partial charge in [-0.3, -0.25) is 9.59 Å². The second-order valence-corrected chi connectivity index (χ2v) is 7.71. The van der Waals surface area contributed by atoms with E-state index < -0.39 is 0 Å². The van der Waals surface area contributed by atoms with E-state index in [1.54, 1.807) is 48.7 Å². The Balaban J connectivity index is 1.45. The number of nitrogens with one attached hydrogen (secondary N) is 2. The summed E-state index contributed by atoms with van der Waals surface area (Å²) in [4.78, 5) is 25.4. The van der Waals surface area contributed by atoms with Crippen LogP contribution in [-0.4, -0.2) is 26.5 Å². The topological polar surface area (TPSA) is 123 Å². The van der Waals surface area contributed by atoms with Crippen molar-refractivity contribution in [3.8, 4) is 17.3 Å². The average molecular weight is 460 g/mol. The molecule has 0 saturated heterocycles. The molecule has 2 aromatic heterocycles. The van der Waals surface area contributed by atoms with Crippen LogP contribution in [0.5, 0.6) is 5.75 Å². The van der Waals surface area contributed by atoms with Gasteiger partial charge >= 0.3 is 0 Å². The fourth-order valence-corrected chi connectivity index (χ4v) is 3.42. The molecule has 0 fully saturated rings. The Morgan fingerprint density at radius 3 is 2.76 bits per heavy atom. The number of benzene rings is 2. The van der Waals surface area contributed by atoms with Gasteiger partial charge in [0.05, 0.1) is 17.3 Å². The number of nitrogens with zero attached hydrogens (tertiary/aromatic N) is 3. The number of hydrogen-bond acceptors (Lipinski definition) is 7. The lowest BCUT2D eigenvalue weighted by Gasteiger charge is -2.09. The summed E-state index contributed by atoms with van der Waals surface area (Å²) in [6.45, 7) is 2.19. The van der Waals surface area contributed by atoms with Crippen LogP contribution in [0.1, 0.15) is 49.4 Å². The zero-order valence-electron chi connectivity index (χ0n) is 18.8. The number of anilines is 1. The van der Waals surface area contributed by atoms with Crippen molar-refractivity contribution in [1.29, 1.82) is 0 Å². The highest BCUT2D eigenvalue weighted by molar-refractivity contribution is 6.08. The maximum Gasteiger partial charge on any atom is 0.255 e. The molecule has 4 rings (SSSR count). The van der Waals surface area contributed by atoms with Gasteiger partial charge in [0.2, 0.25) is 5.82 Å². The number of hydrogen-bond donors (Lipinski definition) is 2. The number of allylic oxidation sites excluding steroid dienone is 1. The fourth-order valence-electron chi connectivity index (χ4n) is 3.42. The molecule has 0 bridgehead atoms. The normalized spacial score (nSPS) is 11.2. The van der Waals surface area contributed by atoms with Crippen LogP contribution >= 0.6 is 0 Å². The quantitative estimate of drug-likeness (QED) is 0.250. The summed E-state index contributed by atoms with van der Waals surface area (Å²) in [5.74, 6) is 0.582. The minimum absolute atomic E-state index is 0.144. The van der Waals surface area contributed by atoms with Gasteiger partial charge in [0.1, 0.15) is 5.75 Å². The minimum Gasteiger partial charge on any atom is -0.465 e. The molecule has 174 valence electrons. The van der Waals surface area contributed by atoms with E-state index in [1.165, 1.54) is 25.3 Å². The second-order valence-electron chi connectivity index (χ2n) is 7.71. The molecule has 0 spiro atoms. The Bertz CT molecular complexity index is 1330. The Labute approximate surface area is 195 Å². The Kier molecular flexibility index (Phi) is 7.44. The molecule has 0 unspecified atom stereocenters. The van der Waals surface area contributed by atoms with Gasteiger partial charge in [0.25, 0.3) is 5.91 Å². The third-order valence-electron chi connectivity index (χ3n) is 5.21. The van der Waals surface area contributed by atoms with E-state index in [9.17, 15) is 9.59 Å². The molecule has 0 aliphatic rings. The number of fused-ring (bicyclic) bond motifs is 1. The van der Waals surface area contributed by atoms with Crippen LogP contribution in [-0.2, 0) is 0 Å². The minimum atomic E-state index is -0.349. The van der Waals surface area contributed by atoms with Crippen LogP contribution in [0.15, 0.2) is 70.1 Å². The SMILES string of the molecule is CCCCCC/C=C/Oc1ccc(C(=O)Nc2cccc3c(=O)cc(-c4nn[nH]n4)oc23)cc1. The molecule has 9 nitrogen and oxygen atoms in total. The molecule has 2 aromatic carbocycles. The number of rotatable bonds is 10. The summed E-state index contributed by atoms with van der Waals surface area (Å²) < 4.78 is 11.4. The third kappa shape index (κ3) is 5.55. The van der Waals surface area contributed by atoms with E-state index in [0.717, 1.165) is 12.8 Å². The molecular weight excluding hydrogens is 434 g/mol. The number of tetrazole rings is 1. The number of carbonyl (C=O) groups excluding carboxylic acids is 1. The predicted octanol–water partition coefficient (Wildman–Crippen LogP) is 5.09. The highest BCUT2D eigenvalue weighted by atomic mass is 16.5. The zero-order chi connectivity index (χ0) is 23.8. The van der Waals surface area contributed by atoms with Crippen LogP contribution in [0.4, 0.5) is 5.69 Å². The van der Waals surface area contributed by atoms with Crippen molar-refractivity contribution in [3.05, 3.63) is 76.7 Å². The second kappa shape index (κ2) is 11.0. The molecule has 0 radical (unpaired) electrons. The van der Waals surface area contributed by atoms with Crippen LogP contribution in [0.25, 0.3) is 22.6 Å². The highest BCUT2D eigenvalue weighted by Crippen LogP contribution is 2.26. The maximum absolute atomic E-state index is 12.8. The first-order valence-corrected chi connectivity index (χ1v) is 11.2. The summed E-state index contributed by atoms with van der Waals surface area (Å²) in [5.41, 5.74) is 0.741. The Morgan fingerprint density at radius 2 is 2.00 bits per heavy atom. The lowest BCUT2D eigenvalue weighted by Crippen LogP contribution is -2.13. The van der Waals surface area contributed by atoms with Crippen molar-refractivity contribution in [2.75, 3.05) is 5.32 Å². The number of aromatic amines is 1. The van der Waals surface area contributed by atoms with Gasteiger partial charge in [0.15, 0.2) is 16.8 Å². The van der Waals surface area contributed by atoms with Crippen LogP contribution in [0, 0.1) is 0 Å². The molecule has 1 amide bonds. The van der Waals surface area contributed by atoms with Gasteiger partial charge < -0.3 is 14.5 Å². The maximum atomic E-state index is 12.8. The van der Waals surface area contributed by atoms with Gasteiger partial charge in [-0.2, -0.15) is 5.21 Å². The zero-order valence-corrected chi connectivity index (χ0v) is 18.8. The van der Waals surface area contributed by atoms with E-state index in [4.69, 9.17) is 9.15 Å². The highest BCUT2D eigenvalue weighted by Gasteiger charge is 2.15. The molecule has 2 N–H and O–H groups in total. The van der Waals surface area contributed by atoms with Crippen molar-refractivity contribution in [3.63, 3.8) is 0 Å². The van der Waals surface area contributed by atoms with Gasteiger partial charge in [-0.1, -0.05) is 32.3 Å². The van der Waals surface area contributed by atoms with E-state index >= 15 is 0 Å². The lowest BCUT2D eigenvalue weighted by molar-refractivity contribution is 0.102. The molecule has 9 heteroatoms. The number of aromatic nitrogens is 4. The molecule has 4 aromatic rings. The van der Waals surface area contributed by atoms with E-state index in [1.807, 2.05) is 6.08 Å². The van der Waals surface area contributed by atoms with E-state index in [-0.39, 0.29) is 28.5 Å². The number of H-pyrrole nitrogens is 1. The molecule has 2 heterocycles. The van der Waals surface area contributed by atoms with Crippen molar-refractivity contribution in [1.82, 2.24) is 20.6 Å². The predicted molar refractivity (Wildman–Crippen MR) is 129 cm³/mol. The number of carbonyl (C=O) groups is 1. The Morgan fingerprint density at radius 1 is 1.15 bits per heavy atom. The van der Waals surface area contributed by atoms with Gasteiger partial charge in [0, 0.05) is 11.6 Å². The number of para-hydroxylation sites is 1. The van der Waals surface area contributed by atoms with Crippen molar-refractivity contribution < 1.29 is 13.9 Å². The first-order chi connectivity index (χ1) is 16.7. The smallest absolute Gasteiger partial charge is 0.255 e. The first-order valence-electron chi connectivity index (χ1n) is 11.2. The molecule has 0 atom stereocenters. The summed E-state index contributed by atoms with van der Waals surface area (Å²) in [5, 5.41) is 16.6. The van der Waals surface area contributed by atoms with Gasteiger partial charge in [-0.25, -0.2) is 0 Å². The van der Waals surface area contributed by atoms with Gasteiger partial charge in [-0.15, -0.1) is 10.2 Å². The van der Waals surface area contributed by atoms with Crippen molar-refractivity contribution in [2.45, 2.75) is 39.0 Å². The number of amides is 1. The molecule has 0 saturated carbocycles. The monoisotopic (exact) mass is 459 g/mol. The number of unbranched alkanes of at least 4 members (excludes halogenated alkanes) is 4. The number of ether oxygens (including phenoxy) is 1. The fraction of sp³-hybridized carbons (Fsp3) is 0.240. The average Bonchev–Trinajstić information content (AvgIpc) is 3.39. The van der Waals surface area contributed by atoms with E-state index in [2.05, 4.69) is 32.9 Å². The Hall–Kier alpha value is -4.27. The van der Waals surface area contributed by atoms with Crippen LogP contribution in [0.2, 0.25) is 0 Å². The lowest BCUT2D eigenvalue weighted by atomic mass is 10.1. The molecule has 0 aliphatic heterocycles. The molecular formula is C25H25N5O4. The van der Waals surface area contributed by atoms with Crippen LogP contribution < -0.4 is 15.5 Å². The summed E-state index contributed by atoms with van der Waals surface area (Å²) in [6, 6.07) is 13.1. The molecule has 34 heavy (non-hydrogen) atoms. The summed E-state index contributed by atoms with van der Waals surface area (Å²) >= 11 is 0. The van der Waals surface area contributed by atoms with Crippen LogP contribution in [0.3, 0.4) is 0 Å². The standard InChI is InChI=1S/C25H25N5O4/c1-2-3-4-5-6-7-15-33-18-13-11-17(12-14-18)25(32)26-20-10-8-9-19-21(31)16-22(34-23(19)20)24-27-29-30-28-24/h7-16H,2-6H2,1H3,(H,26,32)(H,27,28,29,30)/b15-7+. The third-order valence-corrected chi connectivity index (χ3v) is 5.21. The van der Waals surface area contributed by atoms with Crippen molar-refractivity contribution >= 4 is 22.6 Å². The largest absolute Gasteiger partial charge is 0.465 e. The first kappa shape index (κ1) is 22.9. The van der Waals surface area contributed by atoms with Gasteiger partial charge in [-0.05, 0) is 60.5 Å². The molecule has 0 aliphatic carbocycles. The van der Waals surface area contributed by atoms with Crippen molar-refractivity contribution in [2.24, 2.45) is 0 Å². The van der Waals surface area contributed by atoms with E-state index in [0.29, 0.717) is 22.4 Å².